The van der Waals surface area contributed by atoms with Gasteiger partial charge in [-0.25, -0.2) is 0 Å². The Morgan fingerprint density at radius 2 is 1.70 bits per heavy atom. The van der Waals surface area contributed by atoms with Crippen molar-refractivity contribution in [3.63, 3.8) is 0 Å². The lowest BCUT2D eigenvalue weighted by atomic mass is 9.99. The van der Waals surface area contributed by atoms with Gasteiger partial charge in [0.25, 0.3) is 0 Å². The topological polar surface area (TPSA) is 64.1 Å². The fourth-order valence-electron chi connectivity index (χ4n) is 4.86. The summed E-state index contributed by atoms with van der Waals surface area (Å²) in [7, 11) is 0. The molecule has 2 heterocycles. The van der Waals surface area contributed by atoms with Crippen LogP contribution in [0.1, 0.15) is 46.8 Å². The summed E-state index contributed by atoms with van der Waals surface area (Å²) in [5, 5.41) is 10.5. The lowest BCUT2D eigenvalue weighted by molar-refractivity contribution is -0.130. The molecule has 0 aromatic heterocycles. The smallest absolute Gasteiger partial charge is 0.219 e. The molecule has 176 valence electrons. The Morgan fingerprint density at radius 1 is 0.939 bits per heavy atom. The van der Waals surface area contributed by atoms with Crippen molar-refractivity contribution >= 4 is 11.7 Å². The molecule has 33 heavy (non-hydrogen) atoms. The number of hydrogen-bond acceptors (Lipinski definition) is 5. The third kappa shape index (κ3) is 6.50. The Kier molecular flexibility index (Phi) is 7.91. The number of Topliss-reactive ketones (excluding diaryl/α,β-unsaturated/α-hetero) is 1. The molecular formula is C27H35N3O3. The first-order valence-electron chi connectivity index (χ1n) is 12.0. The molecule has 4 rings (SSSR count). The predicted octanol–water partition coefficient (Wildman–Crippen LogP) is 2.73. The number of carbonyl (C=O) groups excluding carboxylic acids is 2. The number of aliphatic hydroxyl groups is 1. The molecule has 1 saturated heterocycles. The second-order valence-electron chi connectivity index (χ2n) is 9.35. The van der Waals surface area contributed by atoms with Gasteiger partial charge in [-0.1, -0.05) is 42.5 Å². The first kappa shape index (κ1) is 23.6. The van der Waals surface area contributed by atoms with Crippen molar-refractivity contribution in [1.82, 2.24) is 14.7 Å². The van der Waals surface area contributed by atoms with Crippen LogP contribution in [0, 0.1) is 0 Å². The van der Waals surface area contributed by atoms with Crippen molar-refractivity contribution in [2.75, 3.05) is 39.3 Å². The summed E-state index contributed by atoms with van der Waals surface area (Å²) in [4.78, 5) is 30.8. The molecule has 1 amide bonds. The average molecular weight is 450 g/mol. The molecule has 1 unspecified atom stereocenters. The Labute approximate surface area is 196 Å². The fourth-order valence-corrected chi connectivity index (χ4v) is 4.86. The standard InChI is InChI=1S/C27H35N3O3/c1-21(31)30-15-13-28(14-16-30)18-22-5-4-8-24(17-22)27(33)10-9-26(32)20-29-12-11-23-6-2-3-7-25(23)19-29/h2-8,17,26,32H,9-16,18-20H2,1H3. The summed E-state index contributed by atoms with van der Waals surface area (Å²) in [6.07, 6.45) is 1.35. The largest absolute Gasteiger partial charge is 0.392 e. The second kappa shape index (κ2) is 11.1. The summed E-state index contributed by atoms with van der Waals surface area (Å²) in [6, 6.07) is 16.3. The van der Waals surface area contributed by atoms with Gasteiger partial charge in [-0.15, -0.1) is 0 Å². The number of benzene rings is 2. The molecule has 0 saturated carbocycles. The summed E-state index contributed by atoms with van der Waals surface area (Å²) < 4.78 is 0. The van der Waals surface area contributed by atoms with E-state index < -0.39 is 6.10 Å². The highest BCUT2D eigenvalue weighted by molar-refractivity contribution is 5.96. The maximum atomic E-state index is 12.8. The van der Waals surface area contributed by atoms with Crippen molar-refractivity contribution in [3.05, 3.63) is 70.8 Å². The number of amides is 1. The second-order valence-corrected chi connectivity index (χ2v) is 9.35. The third-order valence-corrected chi connectivity index (χ3v) is 6.86. The minimum Gasteiger partial charge on any atom is -0.392 e. The predicted molar refractivity (Wildman–Crippen MR) is 129 cm³/mol. The van der Waals surface area contributed by atoms with Crippen LogP contribution in [-0.2, 0) is 24.3 Å². The fraction of sp³-hybridized carbons (Fsp3) is 0.481. The van der Waals surface area contributed by atoms with E-state index in [1.807, 2.05) is 23.1 Å². The van der Waals surface area contributed by atoms with E-state index in [9.17, 15) is 14.7 Å². The molecule has 2 aliphatic rings. The number of carbonyl (C=O) groups is 2. The summed E-state index contributed by atoms with van der Waals surface area (Å²) in [6.45, 7) is 8.04. The normalized spacial score (nSPS) is 18.1. The Hall–Kier alpha value is -2.54. The highest BCUT2D eigenvalue weighted by Crippen LogP contribution is 2.19. The minimum atomic E-state index is -0.500. The van der Waals surface area contributed by atoms with E-state index >= 15 is 0 Å². The van der Waals surface area contributed by atoms with Crippen LogP contribution in [0.2, 0.25) is 0 Å². The van der Waals surface area contributed by atoms with E-state index in [0.29, 0.717) is 24.9 Å². The highest BCUT2D eigenvalue weighted by Gasteiger charge is 2.20. The van der Waals surface area contributed by atoms with Gasteiger partial charge >= 0.3 is 0 Å². The van der Waals surface area contributed by atoms with E-state index in [4.69, 9.17) is 0 Å². The van der Waals surface area contributed by atoms with E-state index in [0.717, 1.165) is 57.8 Å². The molecule has 1 fully saturated rings. The molecule has 1 N–H and O–H groups in total. The van der Waals surface area contributed by atoms with Crippen LogP contribution in [0.3, 0.4) is 0 Å². The van der Waals surface area contributed by atoms with Gasteiger partial charge < -0.3 is 10.0 Å². The molecule has 1 atom stereocenters. The van der Waals surface area contributed by atoms with Gasteiger partial charge in [-0.05, 0) is 35.6 Å². The van der Waals surface area contributed by atoms with Crippen LogP contribution in [0.25, 0.3) is 0 Å². The molecule has 6 nitrogen and oxygen atoms in total. The highest BCUT2D eigenvalue weighted by atomic mass is 16.3. The number of aliphatic hydroxyl groups excluding tert-OH is 1. The molecular weight excluding hydrogens is 414 g/mol. The quantitative estimate of drug-likeness (QED) is 0.628. The monoisotopic (exact) mass is 449 g/mol. The van der Waals surface area contributed by atoms with E-state index in [2.05, 4.69) is 40.1 Å². The number of ketones is 1. The number of nitrogens with zero attached hydrogens (tertiary/aromatic N) is 3. The molecule has 0 bridgehead atoms. The van der Waals surface area contributed by atoms with Crippen LogP contribution in [0.15, 0.2) is 48.5 Å². The number of β-amino-alcohol motifs (C(OH)–C–C–N with tert-alkyl or cyclic N) is 1. The Morgan fingerprint density at radius 3 is 2.45 bits per heavy atom. The maximum Gasteiger partial charge on any atom is 0.219 e. The zero-order valence-corrected chi connectivity index (χ0v) is 19.6. The lowest BCUT2D eigenvalue weighted by Gasteiger charge is -2.34. The molecule has 0 spiro atoms. The van der Waals surface area contributed by atoms with Crippen molar-refractivity contribution in [3.8, 4) is 0 Å². The van der Waals surface area contributed by atoms with Crippen LogP contribution in [0.4, 0.5) is 0 Å². The molecule has 2 aromatic carbocycles. The molecule has 6 heteroatoms. The number of fused-ring (bicyclic) bond motifs is 1. The first-order chi connectivity index (χ1) is 16.0. The third-order valence-electron chi connectivity index (χ3n) is 6.86. The van der Waals surface area contributed by atoms with Gasteiger partial charge in [-0.2, -0.15) is 0 Å². The van der Waals surface area contributed by atoms with Gasteiger partial charge in [-0.3, -0.25) is 19.4 Å². The molecule has 2 aromatic rings. The van der Waals surface area contributed by atoms with Gasteiger partial charge in [0.05, 0.1) is 6.10 Å². The first-order valence-corrected chi connectivity index (χ1v) is 12.0. The molecule has 0 radical (unpaired) electrons. The van der Waals surface area contributed by atoms with Crippen molar-refractivity contribution in [2.24, 2.45) is 0 Å². The molecule has 0 aliphatic carbocycles. The minimum absolute atomic E-state index is 0.0845. The van der Waals surface area contributed by atoms with Gasteiger partial charge in [0, 0.05) is 71.3 Å². The Bertz CT molecular complexity index is 969. The zero-order valence-electron chi connectivity index (χ0n) is 19.6. The van der Waals surface area contributed by atoms with E-state index in [1.54, 1.807) is 6.92 Å². The van der Waals surface area contributed by atoms with Gasteiger partial charge in [0.15, 0.2) is 5.78 Å². The maximum absolute atomic E-state index is 12.8. The average Bonchev–Trinajstić information content (AvgIpc) is 2.83. The van der Waals surface area contributed by atoms with Crippen molar-refractivity contribution in [1.29, 1.82) is 0 Å². The summed E-state index contributed by atoms with van der Waals surface area (Å²) in [5.74, 6) is 0.218. The van der Waals surface area contributed by atoms with Crippen LogP contribution in [0.5, 0.6) is 0 Å². The SMILES string of the molecule is CC(=O)N1CCN(Cc2cccc(C(=O)CCC(O)CN3CCc4ccccc4C3)c2)CC1. The van der Waals surface area contributed by atoms with Crippen LogP contribution < -0.4 is 0 Å². The van der Waals surface area contributed by atoms with E-state index in [1.165, 1.54) is 11.1 Å². The number of piperazine rings is 1. The zero-order chi connectivity index (χ0) is 23.2. The van der Waals surface area contributed by atoms with Crippen molar-refractivity contribution in [2.45, 2.75) is 45.4 Å². The van der Waals surface area contributed by atoms with Gasteiger partial charge in [0.2, 0.25) is 5.91 Å². The van der Waals surface area contributed by atoms with Crippen molar-refractivity contribution < 1.29 is 14.7 Å². The summed E-state index contributed by atoms with van der Waals surface area (Å²) >= 11 is 0. The van der Waals surface area contributed by atoms with Crippen LogP contribution >= 0.6 is 0 Å². The Balaban J connectivity index is 1.23. The summed E-state index contributed by atoms with van der Waals surface area (Å²) in [5.41, 5.74) is 4.57. The lowest BCUT2D eigenvalue weighted by Crippen LogP contribution is -2.47. The number of hydrogen-bond donors (Lipinski definition) is 1. The van der Waals surface area contributed by atoms with E-state index in [-0.39, 0.29) is 11.7 Å². The number of rotatable bonds is 8. The van der Waals surface area contributed by atoms with Crippen LogP contribution in [-0.4, -0.2) is 76.9 Å². The molecule has 2 aliphatic heterocycles. The van der Waals surface area contributed by atoms with Gasteiger partial charge in [0.1, 0.15) is 0 Å².